The summed E-state index contributed by atoms with van der Waals surface area (Å²) in [4.78, 5) is 24.9. The fraction of sp³-hybridized carbons (Fsp3) is 0.500. The molecular weight excluding hydrogens is 460 g/mol. The lowest BCUT2D eigenvalue weighted by atomic mass is 9.89. The summed E-state index contributed by atoms with van der Waals surface area (Å²) in [7, 11) is 0. The molecule has 2 rings (SSSR count). The van der Waals surface area contributed by atoms with Gasteiger partial charge in [0.05, 0.1) is 12.1 Å². The number of benzene rings is 2. The molecule has 0 bridgehead atoms. The highest BCUT2D eigenvalue weighted by molar-refractivity contribution is 5.68. The first kappa shape index (κ1) is 29.1. The maximum absolute atomic E-state index is 12.5. The van der Waals surface area contributed by atoms with Crippen LogP contribution in [0.5, 0.6) is 0 Å². The Morgan fingerprint density at radius 3 is 1.31 bits per heavy atom. The Balaban J connectivity index is 2.01. The van der Waals surface area contributed by atoms with Crippen molar-refractivity contribution < 1.29 is 29.3 Å². The number of aliphatic hydroxyl groups excluding tert-OH is 2. The number of amides is 2. The van der Waals surface area contributed by atoms with Crippen LogP contribution in [0.25, 0.3) is 0 Å². The summed E-state index contributed by atoms with van der Waals surface area (Å²) in [6.07, 6.45) is -3.24. The van der Waals surface area contributed by atoms with E-state index in [1.165, 1.54) is 0 Å². The van der Waals surface area contributed by atoms with Crippen molar-refractivity contribution in [2.75, 3.05) is 0 Å². The van der Waals surface area contributed by atoms with E-state index in [0.717, 1.165) is 11.1 Å². The lowest BCUT2D eigenvalue weighted by Gasteiger charge is -2.33. The van der Waals surface area contributed by atoms with Crippen LogP contribution in [0.15, 0.2) is 60.7 Å². The molecule has 2 aromatic carbocycles. The molecule has 0 fully saturated rings. The minimum atomic E-state index is -1.34. The third-order valence-corrected chi connectivity index (χ3v) is 5.66. The second-order valence-corrected chi connectivity index (χ2v) is 9.87. The molecule has 0 aliphatic heterocycles. The summed E-state index contributed by atoms with van der Waals surface area (Å²) >= 11 is 0. The fourth-order valence-corrected chi connectivity index (χ4v) is 3.89. The van der Waals surface area contributed by atoms with Gasteiger partial charge < -0.3 is 30.3 Å². The first-order valence-corrected chi connectivity index (χ1v) is 12.5. The van der Waals surface area contributed by atoms with Crippen molar-refractivity contribution in [2.45, 2.75) is 78.0 Å². The van der Waals surface area contributed by atoms with Crippen molar-refractivity contribution in [1.82, 2.24) is 10.6 Å². The molecule has 0 aliphatic rings. The van der Waals surface area contributed by atoms with Gasteiger partial charge >= 0.3 is 12.2 Å². The minimum Gasteiger partial charge on any atom is -0.445 e. The Labute approximate surface area is 214 Å². The van der Waals surface area contributed by atoms with E-state index < -0.39 is 36.5 Å². The Kier molecular flexibility index (Phi) is 12.2. The Bertz CT molecular complexity index is 831. The molecule has 0 heterocycles. The van der Waals surface area contributed by atoms with Crippen molar-refractivity contribution in [1.29, 1.82) is 0 Å². The SMILES string of the molecule is CC(C)C[C@@H](NC(=O)OCc1ccccc1)[C@H](O)[C@@H](O)[C@@H](CC(C)C)NC(=O)OCc1ccccc1. The van der Waals surface area contributed by atoms with Gasteiger partial charge in [-0.1, -0.05) is 88.4 Å². The molecule has 36 heavy (non-hydrogen) atoms. The van der Waals surface area contributed by atoms with E-state index in [1.54, 1.807) is 0 Å². The van der Waals surface area contributed by atoms with Crippen LogP contribution >= 0.6 is 0 Å². The second kappa shape index (κ2) is 15.1. The average molecular weight is 501 g/mol. The normalized spacial score (nSPS) is 14.6. The van der Waals surface area contributed by atoms with Crippen LogP contribution in [0.4, 0.5) is 9.59 Å². The van der Waals surface area contributed by atoms with Gasteiger partial charge in [-0.2, -0.15) is 0 Å². The molecule has 8 nitrogen and oxygen atoms in total. The monoisotopic (exact) mass is 500 g/mol. The van der Waals surface area contributed by atoms with Crippen LogP contribution in [0.1, 0.15) is 51.7 Å². The predicted molar refractivity (Wildman–Crippen MR) is 138 cm³/mol. The van der Waals surface area contributed by atoms with Gasteiger partial charge in [0.2, 0.25) is 0 Å². The highest BCUT2D eigenvalue weighted by atomic mass is 16.6. The summed E-state index contributed by atoms with van der Waals surface area (Å²) < 4.78 is 10.6. The van der Waals surface area contributed by atoms with E-state index in [2.05, 4.69) is 10.6 Å². The average Bonchev–Trinajstić information content (AvgIpc) is 2.85. The quantitative estimate of drug-likeness (QED) is 0.324. The number of hydrogen-bond acceptors (Lipinski definition) is 6. The van der Waals surface area contributed by atoms with Crippen molar-refractivity contribution in [3.63, 3.8) is 0 Å². The Morgan fingerprint density at radius 1 is 0.667 bits per heavy atom. The van der Waals surface area contributed by atoms with Crippen molar-refractivity contribution in [3.8, 4) is 0 Å². The Morgan fingerprint density at radius 2 is 1.00 bits per heavy atom. The molecule has 198 valence electrons. The number of alkyl carbamates (subject to hydrolysis) is 2. The summed E-state index contributed by atoms with van der Waals surface area (Å²) in [5.41, 5.74) is 1.67. The summed E-state index contributed by atoms with van der Waals surface area (Å²) in [6, 6.07) is 17.0. The van der Waals surface area contributed by atoms with Crippen LogP contribution in [0, 0.1) is 11.8 Å². The van der Waals surface area contributed by atoms with E-state index in [4.69, 9.17) is 9.47 Å². The maximum atomic E-state index is 12.5. The standard InChI is InChI=1S/C28H40N2O6/c1-19(2)15-23(29-27(33)35-17-21-11-7-5-8-12-21)25(31)26(32)24(16-20(3)4)30-28(34)36-18-22-13-9-6-10-14-22/h5-14,19-20,23-26,31-32H,15-18H2,1-4H3,(H,29,33)(H,30,34)/t23-,24-,25+,26+/m1/s1. The molecular formula is C28H40N2O6. The maximum Gasteiger partial charge on any atom is 0.407 e. The smallest absolute Gasteiger partial charge is 0.407 e. The third kappa shape index (κ3) is 10.7. The second-order valence-electron chi connectivity index (χ2n) is 9.87. The molecule has 0 aromatic heterocycles. The van der Waals surface area contributed by atoms with E-state index >= 15 is 0 Å². The third-order valence-electron chi connectivity index (χ3n) is 5.66. The number of hydrogen-bond donors (Lipinski definition) is 4. The van der Waals surface area contributed by atoms with Crippen molar-refractivity contribution in [3.05, 3.63) is 71.8 Å². The van der Waals surface area contributed by atoms with Gasteiger partial charge in [0.15, 0.2) is 0 Å². The largest absolute Gasteiger partial charge is 0.445 e. The topological polar surface area (TPSA) is 117 Å². The molecule has 0 unspecified atom stereocenters. The molecule has 0 aliphatic carbocycles. The number of rotatable bonds is 13. The van der Waals surface area contributed by atoms with E-state index in [-0.39, 0.29) is 25.0 Å². The molecule has 8 heteroatoms. The van der Waals surface area contributed by atoms with Gasteiger partial charge in [-0.25, -0.2) is 9.59 Å². The van der Waals surface area contributed by atoms with Crippen LogP contribution in [-0.2, 0) is 22.7 Å². The summed E-state index contributed by atoms with van der Waals surface area (Å²) in [6.45, 7) is 7.98. The minimum absolute atomic E-state index is 0.0878. The zero-order chi connectivity index (χ0) is 26.5. The summed E-state index contributed by atoms with van der Waals surface area (Å²) in [5.74, 6) is 0.247. The lowest BCUT2D eigenvalue weighted by Crippen LogP contribution is -2.56. The number of ether oxygens (including phenoxy) is 2. The Hall–Kier alpha value is -3.10. The van der Waals surface area contributed by atoms with Crippen LogP contribution < -0.4 is 10.6 Å². The van der Waals surface area contributed by atoms with Gasteiger partial charge in [-0.3, -0.25) is 0 Å². The van der Waals surface area contributed by atoms with Crippen LogP contribution in [-0.4, -0.2) is 46.7 Å². The molecule has 4 atom stereocenters. The number of nitrogens with one attached hydrogen (secondary N) is 2. The number of carbonyl (C=O) groups is 2. The van der Waals surface area contributed by atoms with E-state index in [1.807, 2.05) is 88.4 Å². The molecule has 2 aromatic rings. The van der Waals surface area contributed by atoms with E-state index in [9.17, 15) is 19.8 Å². The van der Waals surface area contributed by atoms with Gasteiger partial charge in [-0.15, -0.1) is 0 Å². The predicted octanol–water partition coefficient (Wildman–Crippen LogP) is 4.39. The van der Waals surface area contributed by atoms with Gasteiger partial charge in [0.25, 0.3) is 0 Å². The molecule has 0 spiro atoms. The fourth-order valence-electron chi connectivity index (χ4n) is 3.89. The van der Waals surface area contributed by atoms with Gasteiger partial charge in [-0.05, 0) is 35.8 Å². The first-order valence-electron chi connectivity index (χ1n) is 12.5. The molecule has 4 N–H and O–H groups in total. The van der Waals surface area contributed by atoms with Gasteiger partial charge in [0.1, 0.15) is 25.4 Å². The highest BCUT2D eigenvalue weighted by Crippen LogP contribution is 2.18. The first-order chi connectivity index (χ1) is 17.2. The van der Waals surface area contributed by atoms with E-state index in [0.29, 0.717) is 12.8 Å². The van der Waals surface area contributed by atoms with Crippen molar-refractivity contribution >= 4 is 12.2 Å². The van der Waals surface area contributed by atoms with Crippen LogP contribution in [0.2, 0.25) is 0 Å². The summed E-state index contributed by atoms with van der Waals surface area (Å²) in [5, 5.41) is 27.5. The molecule has 2 amide bonds. The highest BCUT2D eigenvalue weighted by Gasteiger charge is 2.35. The van der Waals surface area contributed by atoms with Crippen molar-refractivity contribution in [2.24, 2.45) is 11.8 Å². The number of carbonyl (C=O) groups excluding carboxylic acids is 2. The van der Waals surface area contributed by atoms with Crippen LogP contribution in [0.3, 0.4) is 0 Å². The molecule has 0 saturated heterocycles. The number of aliphatic hydroxyl groups is 2. The van der Waals surface area contributed by atoms with Gasteiger partial charge in [0, 0.05) is 0 Å². The molecule has 0 radical (unpaired) electrons. The zero-order valence-corrected chi connectivity index (χ0v) is 21.6. The molecule has 0 saturated carbocycles. The zero-order valence-electron chi connectivity index (χ0n) is 21.6. The lowest BCUT2D eigenvalue weighted by molar-refractivity contribution is -0.0309.